The third kappa shape index (κ3) is 3.99. The number of nitrogens with zero attached hydrogens (tertiary/aromatic N) is 5. The molecule has 0 bridgehead atoms. The summed E-state index contributed by atoms with van der Waals surface area (Å²) in [7, 11) is -3.53. The molecule has 27 heavy (non-hydrogen) atoms. The Labute approximate surface area is 158 Å². The SMILES string of the molecule is O=S(=O)(N1CCOCC1)N1CCO[C@@H](c2cccc(-c3cncnc3)n2)C1. The van der Waals surface area contributed by atoms with E-state index in [0.717, 1.165) is 11.3 Å². The van der Waals surface area contributed by atoms with Crippen molar-refractivity contribution in [2.24, 2.45) is 0 Å². The lowest BCUT2D eigenvalue weighted by atomic mass is 10.1. The highest BCUT2D eigenvalue weighted by Gasteiger charge is 2.35. The van der Waals surface area contributed by atoms with Gasteiger partial charge in [0, 0.05) is 44.1 Å². The lowest BCUT2D eigenvalue weighted by Crippen LogP contribution is -2.52. The summed E-state index contributed by atoms with van der Waals surface area (Å²) in [5.41, 5.74) is 2.22. The fourth-order valence-corrected chi connectivity index (χ4v) is 4.74. The molecule has 2 aromatic heterocycles. The zero-order valence-electron chi connectivity index (χ0n) is 14.8. The van der Waals surface area contributed by atoms with Gasteiger partial charge >= 0.3 is 0 Å². The molecule has 9 nitrogen and oxygen atoms in total. The molecule has 0 saturated carbocycles. The molecule has 0 spiro atoms. The molecule has 10 heteroatoms. The van der Waals surface area contributed by atoms with E-state index >= 15 is 0 Å². The van der Waals surface area contributed by atoms with Gasteiger partial charge in [0.2, 0.25) is 0 Å². The Kier molecular flexibility index (Phi) is 5.41. The van der Waals surface area contributed by atoms with Gasteiger partial charge in [-0.15, -0.1) is 0 Å². The summed E-state index contributed by atoms with van der Waals surface area (Å²) in [6.45, 7) is 2.52. The van der Waals surface area contributed by atoms with Crippen LogP contribution in [0.25, 0.3) is 11.3 Å². The number of pyridine rings is 1. The molecule has 2 aliphatic heterocycles. The van der Waals surface area contributed by atoms with Gasteiger partial charge in [0.25, 0.3) is 10.2 Å². The largest absolute Gasteiger partial charge is 0.379 e. The van der Waals surface area contributed by atoms with Crippen LogP contribution in [-0.4, -0.2) is 78.0 Å². The van der Waals surface area contributed by atoms with E-state index in [1.165, 1.54) is 14.9 Å². The molecule has 2 fully saturated rings. The molecule has 2 aliphatic rings. The standard InChI is InChI=1S/C17H21N5O4S/c23-27(24,21-4-7-25-8-5-21)22-6-9-26-17(12-22)16-3-1-2-15(20-16)14-10-18-13-19-11-14/h1-3,10-11,13,17H,4-9,12H2/t17-/m1/s1. The van der Waals surface area contributed by atoms with Gasteiger partial charge in [0.1, 0.15) is 12.4 Å². The first kappa shape index (κ1) is 18.4. The quantitative estimate of drug-likeness (QED) is 0.748. The zero-order valence-corrected chi connectivity index (χ0v) is 15.6. The summed E-state index contributed by atoms with van der Waals surface area (Å²) < 4.78 is 39.9. The predicted molar refractivity (Wildman–Crippen MR) is 96.8 cm³/mol. The fraction of sp³-hybridized carbons (Fsp3) is 0.471. The minimum atomic E-state index is -3.53. The Balaban J connectivity index is 1.53. The Bertz CT molecular complexity index is 874. The normalized spacial score (nSPS) is 22.6. The van der Waals surface area contributed by atoms with Crippen molar-refractivity contribution in [1.29, 1.82) is 0 Å². The van der Waals surface area contributed by atoms with Crippen molar-refractivity contribution < 1.29 is 17.9 Å². The molecule has 4 rings (SSSR count). The Morgan fingerprint density at radius 2 is 1.74 bits per heavy atom. The van der Waals surface area contributed by atoms with Gasteiger partial charge in [-0.3, -0.25) is 0 Å². The van der Waals surface area contributed by atoms with Crippen molar-refractivity contribution >= 4 is 10.2 Å². The van der Waals surface area contributed by atoms with Crippen LogP contribution in [0.1, 0.15) is 11.8 Å². The number of aromatic nitrogens is 3. The first-order chi connectivity index (χ1) is 13.1. The third-order valence-electron chi connectivity index (χ3n) is 4.61. The van der Waals surface area contributed by atoms with E-state index in [9.17, 15) is 8.42 Å². The van der Waals surface area contributed by atoms with Crippen molar-refractivity contribution in [3.8, 4) is 11.3 Å². The fourth-order valence-electron chi connectivity index (χ4n) is 3.18. The lowest BCUT2D eigenvalue weighted by molar-refractivity contribution is -0.00838. The molecule has 0 aliphatic carbocycles. The number of hydrogen-bond donors (Lipinski definition) is 0. The van der Waals surface area contributed by atoms with E-state index in [1.54, 1.807) is 12.4 Å². The maximum absolute atomic E-state index is 12.9. The smallest absolute Gasteiger partial charge is 0.282 e. The van der Waals surface area contributed by atoms with E-state index in [4.69, 9.17) is 9.47 Å². The van der Waals surface area contributed by atoms with Crippen LogP contribution in [0.5, 0.6) is 0 Å². The monoisotopic (exact) mass is 391 g/mol. The summed E-state index contributed by atoms with van der Waals surface area (Å²) in [5.74, 6) is 0. The molecule has 1 atom stereocenters. The van der Waals surface area contributed by atoms with Gasteiger partial charge in [-0.25, -0.2) is 15.0 Å². The van der Waals surface area contributed by atoms with Gasteiger partial charge in [-0.2, -0.15) is 17.0 Å². The van der Waals surface area contributed by atoms with Gasteiger partial charge < -0.3 is 9.47 Å². The molecule has 4 heterocycles. The van der Waals surface area contributed by atoms with Crippen molar-refractivity contribution in [3.05, 3.63) is 42.6 Å². The zero-order chi connectivity index (χ0) is 18.7. The second-order valence-electron chi connectivity index (χ2n) is 6.31. The Morgan fingerprint density at radius 3 is 2.52 bits per heavy atom. The van der Waals surface area contributed by atoms with E-state index in [0.29, 0.717) is 45.1 Å². The number of ether oxygens (including phenoxy) is 2. The summed E-state index contributed by atoms with van der Waals surface area (Å²) in [5, 5.41) is 0. The highest BCUT2D eigenvalue weighted by atomic mass is 32.2. The summed E-state index contributed by atoms with van der Waals surface area (Å²) in [4.78, 5) is 12.7. The molecular weight excluding hydrogens is 370 g/mol. The molecule has 0 aromatic carbocycles. The minimum absolute atomic E-state index is 0.238. The van der Waals surface area contributed by atoms with Crippen LogP contribution in [0.3, 0.4) is 0 Å². The molecule has 0 unspecified atom stereocenters. The van der Waals surface area contributed by atoms with Crippen LogP contribution in [0.2, 0.25) is 0 Å². The first-order valence-electron chi connectivity index (χ1n) is 8.81. The van der Waals surface area contributed by atoms with Crippen LogP contribution in [0, 0.1) is 0 Å². The van der Waals surface area contributed by atoms with E-state index < -0.39 is 16.3 Å². The van der Waals surface area contributed by atoms with Crippen LogP contribution in [0.4, 0.5) is 0 Å². The van der Waals surface area contributed by atoms with Crippen LogP contribution < -0.4 is 0 Å². The van der Waals surface area contributed by atoms with Crippen molar-refractivity contribution in [2.45, 2.75) is 6.10 Å². The molecule has 144 valence electrons. The topological polar surface area (TPSA) is 97.8 Å². The maximum Gasteiger partial charge on any atom is 0.282 e. The average molecular weight is 391 g/mol. The van der Waals surface area contributed by atoms with Crippen molar-refractivity contribution in [2.75, 3.05) is 46.0 Å². The van der Waals surface area contributed by atoms with Gasteiger partial charge in [0.05, 0.1) is 31.2 Å². The second kappa shape index (κ2) is 7.95. The Morgan fingerprint density at radius 1 is 1.00 bits per heavy atom. The molecule has 0 amide bonds. The summed E-state index contributed by atoms with van der Waals surface area (Å²) in [6, 6.07) is 5.60. The van der Waals surface area contributed by atoms with Gasteiger partial charge in [0.15, 0.2) is 0 Å². The van der Waals surface area contributed by atoms with E-state index in [1.807, 2.05) is 18.2 Å². The highest BCUT2D eigenvalue weighted by molar-refractivity contribution is 7.86. The van der Waals surface area contributed by atoms with Gasteiger partial charge in [-0.05, 0) is 12.1 Å². The van der Waals surface area contributed by atoms with Crippen LogP contribution in [0.15, 0.2) is 36.9 Å². The predicted octanol–water partition coefficient (Wildman–Crippen LogP) is 0.489. The van der Waals surface area contributed by atoms with Gasteiger partial charge in [-0.1, -0.05) is 6.07 Å². The lowest BCUT2D eigenvalue weighted by Gasteiger charge is -2.36. The number of hydrogen-bond acceptors (Lipinski definition) is 7. The molecule has 2 saturated heterocycles. The summed E-state index contributed by atoms with van der Waals surface area (Å²) >= 11 is 0. The van der Waals surface area contributed by atoms with Crippen LogP contribution in [-0.2, 0) is 19.7 Å². The molecule has 0 radical (unpaired) electrons. The molecule has 2 aromatic rings. The average Bonchev–Trinajstić information content (AvgIpc) is 2.75. The second-order valence-corrected chi connectivity index (χ2v) is 8.24. The third-order valence-corrected chi connectivity index (χ3v) is 6.61. The molecule has 0 N–H and O–H groups in total. The number of morpholine rings is 2. The van der Waals surface area contributed by atoms with Crippen molar-refractivity contribution in [3.63, 3.8) is 0 Å². The summed E-state index contributed by atoms with van der Waals surface area (Å²) in [6.07, 6.45) is 4.43. The Hall–Kier alpha value is -1.98. The first-order valence-corrected chi connectivity index (χ1v) is 10.2. The maximum atomic E-state index is 12.9. The van der Waals surface area contributed by atoms with E-state index in [-0.39, 0.29) is 6.54 Å². The van der Waals surface area contributed by atoms with E-state index in [2.05, 4.69) is 15.0 Å². The highest BCUT2D eigenvalue weighted by Crippen LogP contribution is 2.26. The minimum Gasteiger partial charge on any atom is -0.379 e. The van der Waals surface area contributed by atoms with Crippen LogP contribution >= 0.6 is 0 Å². The van der Waals surface area contributed by atoms with Crippen molar-refractivity contribution in [1.82, 2.24) is 23.6 Å². The molecular formula is C17H21N5O4S. The number of rotatable bonds is 4.